The highest BCUT2D eigenvalue weighted by molar-refractivity contribution is 5.90. The van der Waals surface area contributed by atoms with Crippen LogP contribution in [0.15, 0.2) is 24.4 Å². The number of hydrogen-bond acceptors (Lipinski definition) is 3. The van der Waals surface area contributed by atoms with E-state index in [2.05, 4.69) is 21.6 Å². The van der Waals surface area contributed by atoms with E-state index in [9.17, 15) is 4.79 Å². The number of rotatable bonds is 6. The Kier molecular flexibility index (Phi) is 4.98. The van der Waals surface area contributed by atoms with Crippen LogP contribution in [0.2, 0.25) is 0 Å². The summed E-state index contributed by atoms with van der Waals surface area (Å²) in [6, 6.07) is 6.02. The van der Waals surface area contributed by atoms with Crippen LogP contribution in [0.4, 0.5) is 5.82 Å². The van der Waals surface area contributed by atoms with E-state index in [4.69, 9.17) is 4.74 Å². The zero-order chi connectivity index (χ0) is 15.2. The van der Waals surface area contributed by atoms with Gasteiger partial charge in [-0.1, -0.05) is 13.0 Å². The Balaban J connectivity index is 1.81. The number of aromatic amines is 1. The molecule has 0 bridgehead atoms. The number of carbonyl (C=O) groups is 1. The van der Waals surface area contributed by atoms with Gasteiger partial charge >= 0.3 is 0 Å². The van der Waals surface area contributed by atoms with Gasteiger partial charge in [-0.05, 0) is 43.5 Å². The van der Waals surface area contributed by atoms with Crippen molar-refractivity contribution in [1.29, 1.82) is 0 Å². The van der Waals surface area contributed by atoms with Gasteiger partial charge < -0.3 is 10.1 Å². The van der Waals surface area contributed by atoms with Gasteiger partial charge in [0.05, 0.1) is 19.2 Å². The summed E-state index contributed by atoms with van der Waals surface area (Å²) in [4.78, 5) is 11.9. The quantitative estimate of drug-likeness (QED) is 0.858. The van der Waals surface area contributed by atoms with E-state index >= 15 is 0 Å². The van der Waals surface area contributed by atoms with Gasteiger partial charge in [0, 0.05) is 5.56 Å². The largest absolute Gasteiger partial charge is 0.493 e. The zero-order valence-electron chi connectivity index (χ0n) is 12.7. The second-order valence-corrected chi connectivity index (χ2v) is 5.09. The van der Waals surface area contributed by atoms with Crippen LogP contribution in [-0.4, -0.2) is 22.7 Å². The van der Waals surface area contributed by atoms with Crippen LogP contribution in [0.25, 0.3) is 0 Å². The van der Waals surface area contributed by atoms with E-state index in [1.54, 1.807) is 6.20 Å². The topological polar surface area (TPSA) is 67.0 Å². The molecule has 0 radical (unpaired) electrons. The minimum Gasteiger partial charge on any atom is -0.493 e. The summed E-state index contributed by atoms with van der Waals surface area (Å²) in [5.74, 6) is 1.39. The number of benzene rings is 1. The fourth-order valence-corrected chi connectivity index (χ4v) is 2.17. The Morgan fingerprint density at radius 2 is 2.00 bits per heavy atom. The van der Waals surface area contributed by atoms with Gasteiger partial charge in [-0.25, -0.2) is 0 Å². The summed E-state index contributed by atoms with van der Waals surface area (Å²) < 4.78 is 5.63. The highest BCUT2D eigenvalue weighted by Gasteiger charge is 2.08. The van der Waals surface area contributed by atoms with E-state index in [1.807, 2.05) is 32.9 Å². The summed E-state index contributed by atoms with van der Waals surface area (Å²) in [6.07, 6.45) is 2.85. The van der Waals surface area contributed by atoms with Gasteiger partial charge in [0.2, 0.25) is 5.91 Å². The third-order valence-electron chi connectivity index (χ3n) is 3.16. The number of hydrogen-bond donors (Lipinski definition) is 2. The van der Waals surface area contributed by atoms with Crippen LogP contribution in [0.5, 0.6) is 5.75 Å². The highest BCUT2D eigenvalue weighted by Crippen LogP contribution is 2.16. The number of nitrogens with zero attached hydrogens (tertiary/aromatic N) is 1. The van der Waals surface area contributed by atoms with Crippen LogP contribution in [0.3, 0.4) is 0 Å². The average molecular weight is 287 g/mol. The van der Waals surface area contributed by atoms with Crippen molar-refractivity contribution in [2.75, 3.05) is 11.9 Å². The molecule has 0 aliphatic carbocycles. The van der Waals surface area contributed by atoms with E-state index < -0.39 is 0 Å². The van der Waals surface area contributed by atoms with E-state index in [0.29, 0.717) is 18.8 Å². The fourth-order valence-electron chi connectivity index (χ4n) is 2.17. The Morgan fingerprint density at radius 3 is 2.67 bits per heavy atom. The molecule has 1 aromatic heterocycles. The second-order valence-electron chi connectivity index (χ2n) is 5.09. The zero-order valence-corrected chi connectivity index (χ0v) is 12.7. The lowest BCUT2D eigenvalue weighted by molar-refractivity contribution is -0.116. The molecule has 5 heteroatoms. The average Bonchev–Trinajstić information content (AvgIpc) is 2.84. The number of aryl methyl sites for hydroxylation is 3. The van der Waals surface area contributed by atoms with Crippen molar-refractivity contribution >= 4 is 11.7 Å². The summed E-state index contributed by atoms with van der Waals surface area (Å²) >= 11 is 0. The molecule has 2 aromatic rings. The van der Waals surface area contributed by atoms with Gasteiger partial charge in [-0.15, -0.1) is 0 Å². The third kappa shape index (κ3) is 4.34. The first kappa shape index (κ1) is 15.1. The first-order valence-electron chi connectivity index (χ1n) is 7.11. The Labute approximate surface area is 124 Å². The Hall–Kier alpha value is -2.30. The van der Waals surface area contributed by atoms with Crippen LogP contribution >= 0.6 is 0 Å². The molecule has 2 N–H and O–H groups in total. The van der Waals surface area contributed by atoms with Gasteiger partial charge in [0.15, 0.2) is 0 Å². The molecule has 0 aliphatic heterocycles. The molecule has 2 rings (SSSR count). The van der Waals surface area contributed by atoms with Crippen molar-refractivity contribution in [3.8, 4) is 5.75 Å². The molecule has 0 fully saturated rings. The molecule has 5 nitrogen and oxygen atoms in total. The summed E-state index contributed by atoms with van der Waals surface area (Å²) in [5.41, 5.74) is 3.30. The maximum Gasteiger partial charge on any atom is 0.228 e. The monoisotopic (exact) mass is 287 g/mol. The maximum absolute atomic E-state index is 11.9. The molecule has 0 atom stereocenters. The minimum atomic E-state index is -0.0849. The standard InChI is InChI=1S/C16H21N3O2/c1-4-13-10-17-19-16(13)18-15(20)5-6-21-14-8-11(2)7-12(3)9-14/h7-10H,4-6H2,1-3H3,(H2,17,18,19,20). The van der Waals surface area contributed by atoms with Crippen molar-refractivity contribution in [2.24, 2.45) is 0 Å². The molecular formula is C16H21N3O2. The molecule has 0 unspecified atom stereocenters. The molecule has 1 aromatic carbocycles. The van der Waals surface area contributed by atoms with Crippen molar-refractivity contribution < 1.29 is 9.53 Å². The molecule has 1 amide bonds. The number of carbonyl (C=O) groups excluding carboxylic acids is 1. The number of nitrogens with one attached hydrogen (secondary N) is 2. The lowest BCUT2D eigenvalue weighted by Crippen LogP contribution is -2.16. The number of amides is 1. The minimum absolute atomic E-state index is 0.0849. The van der Waals surface area contributed by atoms with Crippen LogP contribution in [0, 0.1) is 13.8 Å². The predicted molar refractivity (Wildman–Crippen MR) is 82.6 cm³/mol. The van der Waals surface area contributed by atoms with Crippen LogP contribution < -0.4 is 10.1 Å². The normalized spacial score (nSPS) is 10.4. The smallest absolute Gasteiger partial charge is 0.228 e. The first-order valence-corrected chi connectivity index (χ1v) is 7.11. The Morgan fingerprint density at radius 1 is 1.29 bits per heavy atom. The molecular weight excluding hydrogens is 266 g/mol. The molecule has 0 saturated heterocycles. The molecule has 21 heavy (non-hydrogen) atoms. The summed E-state index contributed by atoms with van der Waals surface area (Å²) in [5, 5.41) is 9.52. The van der Waals surface area contributed by atoms with Crippen molar-refractivity contribution in [1.82, 2.24) is 10.2 Å². The molecule has 0 aliphatic rings. The van der Waals surface area contributed by atoms with Crippen molar-refractivity contribution in [2.45, 2.75) is 33.6 Å². The molecule has 112 valence electrons. The van der Waals surface area contributed by atoms with Gasteiger partial charge in [0.25, 0.3) is 0 Å². The first-order chi connectivity index (χ1) is 10.1. The van der Waals surface area contributed by atoms with E-state index in [0.717, 1.165) is 28.9 Å². The van der Waals surface area contributed by atoms with E-state index in [1.165, 1.54) is 0 Å². The lowest BCUT2D eigenvalue weighted by atomic mass is 10.1. The third-order valence-corrected chi connectivity index (χ3v) is 3.16. The molecule has 0 spiro atoms. The van der Waals surface area contributed by atoms with E-state index in [-0.39, 0.29) is 5.91 Å². The van der Waals surface area contributed by atoms with Crippen LogP contribution in [0.1, 0.15) is 30.0 Å². The second kappa shape index (κ2) is 6.92. The summed E-state index contributed by atoms with van der Waals surface area (Å²) in [6.45, 7) is 6.42. The highest BCUT2D eigenvalue weighted by atomic mass is 16.5. The van der Waals surface area contributed by atoms with Crippen LogP contribution in [-0.2, 0) is 11.2 Å². The molecule has 0 saturated carbocycles. The lowest BCUT2D eigenvalue weighted by Gasteiger charge is -2.08. The summed E-state index contributed by atoms with van der Waals surface area (Å²) in [7, 11) is 0. The van der Waals surface area contributed by atoms with Gasteiger partial charge in [-0.2, -0.15) is 5.10 Å². The SMILES string of the molecule is CCc1cn[nH]c1NC(=O)CCOc1cc(C)cc(C)c1. The maximum atomic E-state index is 11.9. The van der Waals surface area contributed by atoms with Crippen molar-refractivity contribution in [3.05, 3.63) is 41.1 Å². The number of aromatic nitrogens is 2. The number of ether oxygens (including phenoxy) is 1. The van der Waals surface area contributed by atoms with Crippen molar-refractivity contribution in [3.63, 3.8) is 0 Å². The van der Waals surface area contributed by atoms with Gasteiger partial charge in [-0.3, -0.25) is 9.89 Å². The molecule has 1 heterocycles. The fraction of sp³-hybridized carbons (Fsp3) is 0.375. The number of anilines is 1. The van der Waals surface area contributed by atoms with Gasteiger partial charge in [0.1, 0.15) is 11.6 Å². The Bertz CT molecular complexity index is 599. The number of H-pyrrole nitrogens is 1. The predicted octanol–water partition coefficient (Wildman–Crippen LogP) is 3.00.